The van der Waals surface area contributed by atoms with Crippen molar-refractivity contribution in [2.24, 2.45) is 4.99 Å². The van der Waals surface area contributed by atoms with E-state index in [0.29, 0.717) is 0 Å². The Labute approximate surface area is 294 Å². The minimum Gasteiger partial charge on any atom is -0.359 e. The summed E-state index contributed by atoms with van der Waals surface area (Å²) in [6, 6.07) is 61.0. The molecule has 1 N–H and O–H groups in total. The molecule has 2 aromatic heterocycles. The van der Waals surface area contributed by atoms with Gasteiger partial charge in [-0.1, -0.05) is 133 Å². The highest BCUT2D eigenvalue weighted by molar-refractivity contribution is 7.25. The van der Waals surface area contributed by atoms with Crippen molar-refractivity contribution in [2.45, 2.75) is 6.04 Å². The van der Waals surface area contributed by atoms with Crippen LogP contribution in [0.4, 0.5) is 0 Å². The van der Waals surface area contributed by atoms with Gasteiger partial charge in [0.05, 0.1) is 22.8 Å². The molecule has 0 radical (unpaired) electrons. The lowest BCUT2D eigenvalue weighted by Crippen LogP contribution is -2.31. The van der Waals surface area contributed by atoms with Crippen LogP contribution in [0.25, 0.3) is 64.5 Å². The largest absolute Gasteiger partial charge is 0.359 e. The third kappa shape index (κ3) is 4.76. The molecule has 10 rings (SSSR count). The van der Waals surface area contributed by atoms with Gasteiger partial charge >= 0.3 is 0 Å². The quantitative estimate of drug-likeness (QED) is 0.196. The Balaban J connectivity index is 1.08. The van der Waals surface area contributed by atoms with Gasteiger partial charge in [-0.25, -0.2) is 4.99 Å². The van der Waals surface area contributed by atoms with Crippen molar-refractivity contribution in [3.8, 4) is 16.8 Å². The van der Waals surface area contributed by atoms with Crippen molar-refractivity contribution in [3.63, 3.8) is 0 Å². The van der Waals surface area contributed by atoms with Crippen LogP contribution < -0.4 is 5.32 Å². The second-order valence-corrected chi connectivity index (χ2v) is 13.9. The third-order valence-corrected chi connectivity index (χ3v) is 11.0. The fraction of sp³-hybridized carbons (Fsp3) is 0.0217. The summed E-state index contributed by atoms with van der Waals surface area (Å²) in [6.07, 6.45) is 2.22. The maximum atomic E-state index is 5.13. The molecule has 1 aliphatic rings. The number of benzene rings is 7. The highest BCUT2D eigenvalue weighted by atomic mass is 32.1. The monoisotopic (exact) mass is 657 g/mol. The van der Waals surface area contributed by atoms with E-state index in [9.17, 15) is 0 Å². The van der Waals surface area contributed by atoms with Crippen LogP contribution in [0, 0.1) is 0 Å². The van der Waals surface area contributed by atoms with E-state index in [-0.39, 0.29) is 6.04 Å². The molecule has 236 valence electrons. The summed E-state index contributed by atoms with van der Waals surface area (Å²) in [5, 5.41) is 8.84. The Kier molecular flexibility index (Phi) is 6.74. The van der Waals surface area contributed by atoms with Gasteiger partial charge in [0.2, 0.25) is 0 Å². The van der Waals surface area contributed by atoms with Gasteiger partial charge in [-0.05, 0) is 64.7 Å². The number of aromatic nitrogens is 1. The van der Waals surface area contributed by atoms with Crippen LogP contribution >= 0.6 is 11.3 Å². The van der Waals surface area contributed by atoms with Gasteiger partial charge in [-0.3, -0.25) is 0 Å². The molecular weight excluding hydrogens is 627 g/mol. The van der Waals surface area contributed by atoms with Gasteiger partial charge < -0.3 is 9.88 Å². The summed E-state index contributed by atoms with van der Waals surface area (Å²) in [7, 11) is 0. The lowest BCUT2D eigenvalue weighted by atomic mass is 9.97. The summed E-state index contributed by atoms with van der Waals surface area (Å²) >= 11 is 1.86. The van der Waals surface area contributed by atoms with Crippen molar-refractivity contribution in [2.75, 3.05) is 0 Å². The van der Waals surface area contributed by atoms with E-state index in [2.05, 4.69) is 180 Å². The molecule has 1 atom stereocenters. The first kappa shape index (κ1) is 28.8. The number of thiophene rings is 1. The van der Waals surface area contributed by atoms with Crippen LogP contribution in [-0.2, 0) is 0 Å². The molecule has 0 saturated heterocycles. The van der Waals surface area contributed by atoms with Crippen LogP contribution in [0.2, 0.25) is 0 Å². The molecule has 7 aromatic carbocycles. The maximum Gasteiger partial charge on any atom is 0.134 e. The van der Waals surface area contributed by atoms with Gasteiger partial charge in [-0.15, -0.1) is 11.3 Å². The fourth-order valence-electron chi connectivity index (χ4n) is 7.49. The van der Waals surface area contributed by atoms with E-state index in [1.807, 2.05) is 17.4 Å². The molecule has 0 saturated carbocycles. The van der Waals surface area contributed by atoms with Gasteiger partial charge in [0, 0.05) is 42.2 Å². The molecule has 0 amide bonds. The number of hydrogen-bond acceptors (Lipinski definition) is 3. The Morgan fingerprint density at radius 3 is 2.04 bits per heavy atom. The molecule has 0 spiro atoms. The molecule has 0 bridgehead atoms. The number of rotatable bonds is 5. The van der Waals surface area contributed by atoms with Crippen LogP contribution in [0.1, 0.15) is 22.7 Å². The Bertz CT molecular complexity index is 2770. The average molecular weight is 658 g/mol. The molecule has 50 heavy (non-hydrogen) atoms. The SMILES string of the molecule is C1=C(c2ccccc2)N=C(c2ccc(-c3cccc4c3c3ccccc3n4-c3ccc4sc5ccccc5c4c3)cc2)NC1c1ccccc1. The smallest absolute Gasteiger partial charge is 0.134 e. The average Bonchev–Trinajstić information content (AvgIpc) is 3.74. The predicted octanol–water partition coefficient (Wildman–Crippen LogP) is 12.0. The Morgan fingerprint density at radius 2 is 1.20 bits per heavy atom. The van der Waals surface area contributed by atoms with Crippen LogP contribution in [0.3, 0.4) is 0 Å². The maximum absolute atomic E-state index is 5.13. The normalized spacial score (nSPS) is 14.6. The van der Waals surface area contributed by atoms with Gasteiger partial charge in [0.25, 0.3) is 0 Å². The van der Waals surface area contributed by atoms with E-state index in [1.165, 1.54) is 64.4 Å². The molecule has 0 aliphatic carbocycles. The van der Waals surface area contributed by atoms with Crippen LogP contribution in [-0.4, -0.2) is 10.4 Å². The minimum atomic E-state index is 0.0183. The van der Waals surface area contributed by atoms with Crippen molar-refractivity contribution in [1.82, 2.24) is 9.88 Å². The van der Waals surface area contributed by atoms with Crippen LogP contribution in [0.5, 0.6) is 0 Å². The zero-order chi connectivity index (χ0) is 33.0. The highest BCUT2D eigenvalue weighted by Gasteiger charge is 2.21. The number of hydrogen-bond donors (Lipinski definition) is 1. The number of amidine groups is 1. The minimum absolute atomic E-state index is 0.0183. The molecule has 3 nitrogen and oxygen atoms in total. The van der Waals surface area contributed by atoms with E-state index in [4.69, 9.17) is 4.99 Å². The van der Waals surface area contributed by atoms with Crippen molar-refractivity contribution < 1.29 is 0 Å². The number of nitrogens with zero attached hydrogens (tertiary/aromatic N) is 2. The summed E-state index contributed by atoms with van der Waals surface area (Å²) < 4.78 is 5.07. The summed E-state index contributed by atoms with van der Waals surface area (Å²) in [4.78, 5) is 5.13. The molecular formula is C46H31N3S. The summed E-state index contributed by atoms with van der Waals surface area (Å²) in [5.74, 6) is 0.873. The molecule has 3 heterocycles. The topological polar surface area (TPSA) is 29.3 Å². The fourth-order valence-corrected chi connectivity index (χ4v) is 8.58. The Hall–Kier alpha value is -6.23. The second-order valence-electron chi connectivity index (χ2n) is 12.8. The van der Waals surface area contributed by atoms with E-state index in [1.54, 1.807) is 0 Å². The molecule has 0 fully saturated rings. The van der Waals surface area contributed by atoms with Gasteiger partial charge in [-0.2, -0.15) is 0 Å². The predicted molar refractivity (Wildman–Crippen MR) is 212 cm³/mol. The number of nitrogens with one attached hydrogen (secondary N) is 1. The second kappa shape index (κ2) is 11.7. The molecule has 9 aromatic rings. The summed E-state index contributed by atoms with van der Waals surface area (Å²) in [6.45, 7) is 0. The standard InChI is InChI=1S/C46H31N3S/c1-3-12-31(13-4-1)39-29-40(32-14-5-2-6-15-32)48-46(47-39)33-24-22-30(23-25-33)35-18-11-20-42-45(35)37-17-7-9-19-41(37)49(42)34-26-27-44-38(28-34)36-16-8-10-21-43(36)50-44/h1-29,39H,(H,47,48). The molecule has 1 aliphatic heterocycles. The number of fused-ring (bicyclic) bond motifs is 6. The first-order valence-corrected chi connectivity index (χ1v) is 17.8. The lowest BCUT2D eigenvalue weighted by molar-refractivity contribution is 0.781. The number of aliphatic imine (C=N–C) groups is 1. The molecule has 4 heteroatoms. The summed E-state index contributed by atoms with van der Waals surface area (Å²) in [5.41, 5.74) is 10.3. The van der Waals surface area contributed by atoms with Crippen molar-refractivity contribution in [1.29, 1.82) is 0 Å². The van der Waals surface area contributed by atoms with E-state index >= 15 is 0 Å². The first-order valence-electron chi connectivity index (χ1n) is 17.0. The first-order chi connectivity index (χ1) is 24.8. The van der Waals surface area contributed by atoms with Gasteiger partial charge in [0.1, 0.15) is 5.84 Å². The zero-order valence-electron chi connectivity index (χ0n) is 27.1. The highest BCUT2D eigenvalue weighted by Crippen LogP contribution is 2.41. The van der Waals surface area contributed by atoms with Crippen molar-refractivity contribution in [3.05, 3.63) is 193 Å². The van der Waals surface area contributed by atoms with E-state index < -0.39 is 0 Å². The lowest BCUT2D eigenvalue weighted by Gasteiger charge is -2.24. The number of para-hydroxylation sites is 1. The van der Waals surface area contributed by atoms with Gasteiger partial charge in [0.15, 0.2) is 0 Å². The molecule has 1 unspecified atom stereocenters. The van der Waals surface area contributed by atoms with Crippen molar-refractivity contribution >= 4 is 64.8 Å². The van der Waals surface area contributed by atoms with Crippen LogP contribution in [0.15, 0.2) is 181 Å². The third-order valence-electron chi connectivity index (χ3n) is 9.86. The van der Waals surface area contributed by atoms with E-state index in [0.717, 1.165) is 22.7 Å². The Morgan fingerprint density at radius 1 is 0.520 bits per heavy atom. The zero-order valence-corrected chi connectivity index (χ0v) is 27.9.